The van der Waals surface area contributed by atoms with Crippen LogP contribution in [0.4, 0.5) is 4.39 Å². The molecule has 0 saturated carbocycles. The maximum atomic E-state index is 14.1. The third-order valence-corrected chi connectivity index (χ3v) is 4.28. The van der Waals surface area contributed by atoms with Gasteiger partial charge in [-0.3, -0.25) is 4.79 Å². The van der Waals surface area contributed by atoms with Gasteiger partial charge in [-0.2, -0.15) is 0 Å². The van der Waals surface area contributed by atoms with E-state index in [1.54, 1.807) is 50.2 Å². The number of carbonyl (C=O) groups is 1. The number of methoxy groups -OCH3 is 1. The van der Waals surface area contributed by atoms with Gasteiger partial charge in [0.1, 0.15) is 11.6 Å². The summed E-state index contributed by atoms with van der Waals surface area (Å²) in [5, 5.41) is 17.7. The number of carbonyl (C=O) groups excluding carboxylic acids is 1. The normalized spacial score (nSPS) is 11.8. The molecule has 29 heavy (non-hydrogen) atoms. The van der Waals surface area contributed by atoms with E-state index in [1.165, 1.54) is 24.3 Å². The van der Waals surface area contributed by atoms with Crippen LogP contribution < -0.4 is 10.5 Å². The monoisotopic (exact) mass is 399 g/mol. The van der Waals surface area contributed by atoms with Crippen molar-refractivity contribution in [3.8, 4) is 5.75 Å². The Morgan fingerprint density at radius 1 is 1.31 bits per heavy atom. The van der Waals surface area contributed by atoms with E-state index in [2.05, 4.69) is 0 Å². The molecule has 0 aliphatic carbocycles. The second kappa shape index (κ2) is 9.34. The van der Waals surface area contributed by atoms with E-state index in [9.17, 15) is 14.3 Å². The average molecular weight is 399 g/mol. The predicted molar refractivity (Wildman–Crippen MR) is 111 cm³/mol. The fraction of sp³-hybridized carbons (Fsp3) is 0.273. The lowest BCUT2D eigenvalue weighted by molar-refractivity contribution is 0.0277. The van der Waals surface area contributed by atoms with E-state index < -0.39 is 11.4 Å². The van der Waals surface area contributed by atoms with Crippen LogP contribution in [-0.2, 0) is 6.54 Å². The first-order valence-electron chi connectivity index (χ1n) is 9.06. The Morgan fingerprint density at radius 3 is 2.55 bits per heavy atom. The van der Waals surface area contributed by atoms with Crippen LogP contribution in [0.5, 0.6) is 5.75 Å². The van der Waals surface area contributed by atoms with Crippen LogP contribution in [0.15, 0.2) is 48.7 Å². The predicted octanol–water partition coefficient (Wildman–Crippen LogP) is 3.20. The van der Waals surface area contributed by atoms with Gasteiger partial charge in [-0.05, 0) is 38.1 Å². The highest BCUT2D eigenvalue weighted by Crippen LogP contribution is 2.27. The molecule has 0 bridgehead atoms. The molecule has 0 aromatic heterocycles. The molecule has 0 heterocycles. The first kappa shape index (κ1) is 22.1. The zero-order chi connectivity index (χ0) is 21.6. The minimum absolute atomic E-state index is 0.00795. The maximum Gasteiger partial charge on any atom is 0.254 e. The average Bonchev–Trinajstić information content (AvgIpc) is 2.68. The number of ether oxygens (including phenoxy) is 1. The summed E-state index contributed by atoms with van der Waals surface area (Å²) < 4.78 is 19.5. The Bertz CT molecular complexity index is 920. The van der Waals surface area contributed by atoms with Crippen molar-refractivity contribution in [1.29, 1.82) is 5.41 Å². The summed E-state index contributed by atoms with van der Waals surface area (Å²) in [4.78, 5) is 14.6. The quantitative estimate of drug-likeness (QED) is 0.594. The Hall–Kier alpha value is -3.19. The summed E-state index contributed by atoms with van der Waals surface area (Å²) in [7, 11) is 1.46. The van der Waals surface area contributed by atoms with Crippen molar-refractivity contribution in [3.05, 3.63) is 71.2 Å². The maximum absolute atomic E-state index is 14.1. The van der Waals surface area contributed by atoms with Gasteiger partial charge in [-0.1, -0.05) is 18.2 Å². The molecule has 0 atom stereocenters. The number of nitrogens with one attached hydrogen (secondary N) is 1. The number of nitrogens with two attached hydrogens (primary N) is 1. The zero-order valence-corrected chi connectivity index (χ0v) is 16.8. The largest absolute Gasteiger partial charge is 0.496 e. The van der Waals surface area contributed by atoms with Gasteiger partial charge in [0, 0.05) is 47.8 Å². The lowest BCUT2D eigenvalue weighted by Gasteiger charge is -2.29. The lowest BCUT2D eigenvalue weighted by atomic mass is 10.0. The molecule has 154 valence electrons. The van der Waals surface area contributed by atoms with Crippen LogP contribution in [0.25, 0.3) is 5.57 Å². The molecule has 7 heteroatoms. The number of hydrogen-bond acceptors (Lipinski definition) is 5. The van der Waals surface area contributed by atoms with Crippen LogP contribution in [0.1, 0.15) is 35.3 Å². The third-order valence-electron chi connectivity index (χ3n) is 4.28. The minimum Gasteiger partial charge on any atom is -0.496 e. The van der Waals surface area contributed by atoms with Gasteiger partial charge in [0.15, 0.2) is 0 Å². The summed E-state index contributed by atoms with van der Waals surface area (Å²) in [6.07, 6.45) is 2.38. The van der Waals surface area contributed by atoms with Crippen molar-refractivity contribution in [2.45, 2.75) is 26.0 Å². The molecule has 0 saturated heterocycles. The number of nitrogens with zero attached hydrogens (tertiary/aromatic N) is 1. The standard InChI is InChI=1S/C22H26FN3O3/c1-22(2,28)14-26(13-16-6-4-5-7-19(16)23)21(27)15-8-9-18(17(11-24)12-25)20(10-15)29-3/h4-12,24,28H,13-14,25H2,1-3H3/b17-12+,24-11?. The zero-order valence-electron chi connectivity index (χ0n) is 16.8. The van der Waals surface area contributed by atoms with E-state index in [1.807, 2.05) is 0 Å². The number of benzene rings is 2. The van der Waals surface area contributed by atoms with Crippen LogP contribution in [0.2, 0.25) is 0 Å². The molecule has 1 amide bonds. The molecule has 0 aliphatic rings. The lowest BCUT2D eigenvalue weighted by Crippen LogP contribution is -2.42. The molecule has 0 fully saturated rings. The van der Waals surface area contributed by atoms with Crippen LogP contribution >= 0.6 is 0 Å². The number of rotatable bonds is 8. The molecule has 0 aliphatic heterocycles. The van der Waals surface area contributed by atoms with Crippen LogP contribution in [0.3, 0.4) is 0 Å². The molecule has 2 rings (SSSR count). The van der Waals surface area contributed by atoms with Crippen LogP contribution in [-0.4, -0.2) is 41.4 Å². The Morgan fingerprint density at radius 2 is 2.00 bits per heavy atom. The molecule has 6 nitrogen and oxygen atoms in total. The Kier molecular flexibility index (Phi) is 7.12. The first-order valence-corrected chi connectivity index (χ1v) is 9.06. The smallest absolute Gasteiger partial charge is 0.254 e. The minimum atomic E-state index is -1.17. The molecule has 2 aromatic carbocycles. The summed E-state index contributed by atoms with van der Waals surface area (Å²) >= 11 is 0. The van der Waals surface area contributed by atoms with E-state index >= 15 is 0 Å². The van der Waals surface area contributed by atoms with Crippen molar-refractivity contribution >= 4 is 17.7 Å². The topological polar surface area (TPSA) is 99.6 Å². The Labute approximate surface area is 169 Å². The number of hydrogen-bond donors (Lipinski definition) is 3. The van der Waals surface area contributed by atoms with Crippen molar-refractivity contribution in [2.75, 3.05) is 13.7 Å². The number of aliphatic hydroxyl groups is 1. The van der Waals surface area contributed by atoms with Gasteiger partial charge in [0.25, 0.3) is 5.91 Å². The molecule has 4 N–H and O–H groups in total. The number of amides is 1. The van der Waals surface area contributed by atoms with Crippen molar-refractivity contribution in [3.63, 3.8) is 0 Å². The van der Waals surface area contributed by atoms with Gasteiger partial charge in [-0.15, -0.1) is 0 Å². The number of allylic oxidation sites excluding steroid dienone is 1. The summed E-state index contributed by atoms with van der Waals surface area (Å²) in [5.74, 6) is -0.420. The van der Waals surface area contributed by atoms with Gasteiger partial charge in [0.2, 0.25) is 0 Å². The number of halogens is 1. The molecule has 0 unspecified atom stereocenters. The van der Waals surface area contributed by atoms with Crippen molar-refractivity contribution in [1.82, 2.24) is 4.90 Å². The molecule has 0 spiro atoms. The molecule has 0 radical (unpaired) electrons. The van der Waals surface area contributed by atoms with Crippen molar-refractivity contribution < 1.29 is 19.0 Å². The van der Waals surface area contributed by atoms with E-state index in [0.717, 1.165) is 6.21 Å². The van der Waals surface area contributed by atoms with Crippen molar-refractivity contribution in [2.24, 2.45) is 5.73 Å². The van der Waals surface area contributed by atoms with Gasteiger partial charge in [0.05, 0.1) is 12.7 Å². The van der Waals surface area contributed by atoms with Gasteiger partial charge < -0.3 is 25.9 Å². The second-order valence-corrected chi connectivity index (χ2v) is 7.25. The fourth-order valence-electron chi connectivity index (χ4n) is 2.96. The molecule has 2 aromatic rings. The molecular formula is C22H26FN3O3. The highest BCUT2D eigenvalue weighted by molar-refractivity contribution is 6.09. The Balaban J connectivity index is 2.42. The van der Waals surface area contributed by atoms with Gasteiger partial charge in [-0.25, -0.2) is 4.39 Å². The van der Waals surface area contributed by atoms with Crippen LogP contribution in [0, 0.1) is 11.2 Å². The molecular weight excluding hydrogens is 373 g/mol. The first-order chi connectivity index (χ1) is 13.7. The van der Waals surface area contributed by atoms with Gasteiger partial charge >= 0.3 is 0 Å². The van der Waals surface area contributed by atoms with E-state index in [-0.39, 0.29) is 19.0 Å². The van der Waals surface area contributed by atoms with E-state index in [4.69, 9.17) is 15.9 Å². The third kappa shape index (κ3) is 5.65. The summed E-state index contributed by atoms with van der Waals surface area (Å²) in [6.45, 7) is 3.19. The van der Waals surface area contributed by atoms with E-state index in [0.29, 0.717) is 28.0 Å². The highest BCUT2D eigenvalue weighted by Gasteiger charge is 2.25. The highest BCUT2D eigenvalue weighted by atomic mass is 19.1. The summed E-state index contributed by atoms with van der Waals surface area (Å²) in [6, 6.07) is 11.0. The SMILES string of the molecule is COc1cc(C(=O)N(Cc2ccccc2F)CC(C)(C)O)ccc1/C(C=N)=C/N. The second-order valence-electron chi connectivity index (χ2n) is 7.25. The fourth-order valence-corrected chi connectivity index (χ4v) is 2.96. The summed E-state index contributed by atoms with van der Waals surface area (Å²) in [5.41, 5.74) is 6.06.